The molecule has 1 N–H and O–H groups in total. The highest BCUT2D eigenvalue weighted by Crippen LogP contribution is 2.23. The number of sulfonamides is 1. The first-order chi connectivity index (χ1) is 14.2. The summed E-state index contributed by atoms with van der Waals surface area (Å²) in [6.45, 7) is 5.77. The zero-order valence-electron chi connectivity index (χ0n) is 17.5. The van der Waals surface area contributed by atoms with Gasteiger partial charge in [0.15, 0.2) is 0 Å². The van der Waals surface area contributed by atoms with Crippen LogP contribution in [0.5, 0.6) is 0 Å². The minimum absolute atomic E-state index is 0.303. The van der Waals surface area contributed by atoms with Crippen molar-refractivity contribution >= 4 is 21.6 Å². The SMILES string of the molecule is Cc1ccc(N([C@@H](C)C(=O)NCc2ccc(-n3ccnc3)cc2)S(C)(=O)=O)cc1C. The minimum Gasteiger partial charge on any atom is -0.350 e. The number of benzene rings is 2. The maximum atomic E-state index is 12.8. The number of nitrogens with one attached hydrogen (secondary N) is 1. The molecular weight excluding hydrogens is 400 g/mol. The number of amides is 1. The Bertz CT molecular complexity index is 1120. The van der Waals surface area contributed by atoms with Crippen LogP contribution in [0, 0.1) is 13.8 Å². The van der Waals surface area contributed by atoms with Crippen LogP contribution in [0.4, 0.5) is 5.69 Å². The van der Waals surface area contributed by atoms with Crippen LogP contribution >= 0.6 is 0 Å². The molecular formula is C22H26N4O3S. The summed E-state index contributed by atoms with van der Waals surface area (Å²) < 4.78 is 27.9. The van der Waals surface area contributed by atoms with Crippen molar-refractivity contribution in [3.63, 3.8) is 0 Å². The van der Waals surface area contributed by atoms with E-state index in [1.54, 1.807) is 31.6 Å². The Balaban J connectivity index is 1.71. The first-order valence-electron chi connectivity index (χ1n) is 9.58. The summed E-state index contributed by atoms with van der Waals surface area (Å²) >= 11 is 0. The summed E-state index contributed by atoms with van der Waals surface area (Å²) in [5.74, 6) is -0.364. The van der Waals surface area contributed by atoms with E-state index in [9.17, 15) is 13.2 Å². The molecule has 1 aromatic heterocycles. The Kier molecular flexibility index (Phi) is 6.26. The monoisotopic (exact) mass is 426 g/mol. The predicted octanol–water partition coefficient (Wildman–Crippen LogP) is 2.96. The number of imidazole rings is 1. The fourth-order valence-electron chi connectivity index (χ4n) is 3.21. The van der Waals surface area contributed by atoms with E-state index in [4.69, 9.17) is 0 Å². The quantitative estimate of drug-likeness (QED) is 0.630. The molecule has 1 amide bonds. The lowest BCUT2D eigenvalue weighted by molar-refractivity contribution is -0.122. The fourth-order valence-corrected chi connectivity index (χ4v) is 4.37. The standard InChI is InChI=1S/C22H26N4O3S/c1-16-5-8-21(13-17(16)2)26(30(4,28)29)18(3)22(27)24-14-19-6-9-20(10-7-19)25-12-11-23-15-25/h5-13,15,18H,14H2,1-4H3,(H,24,27)/t18-/m0/s1. The van der Waals surface area contributed by atoms with Gasteiger partial charge in [0.05, 0.1) is 18.3 Å². The van der Waals surface area contributed by atoms with Gasteiger partial charge in [0, 0.05) is 24.6 Å². The molecule has 0 spiro atoms. The Morgan fingerprint density at radius 3 is 2.40 bits per heavy atom. The van der Waals surface area contributed by atoms with Gasteiger partial charge < -0.3 is 9.88 Å². The van der Waals surface area contributed by atoms with Crippen LogP contribution in [0.2, 0.25) is 0 Å². The summed E-state index contributed by atoms with van der Waals surface area (Å²) in [7, 11) is -3.64. The number of hydrogen-bond acceptors (Lipinski definition) is 4. The number of carbonyl (C=O) groups excluding carboxylic acids is 1. The largest absolute Gasteiger partial charge is 0.350 e. The number of rotatable bonds is 7. The van der Waals surface area contributed by atoms with Gasteiger partial charge in [-0.15, -0.1) is 0 Å². The van der Waals surface area contributed by atoms with E-state index in [1.807, 2.05) is 54.9 Å². The van der Waals surface area contributed by atoms with Gasteiger partial charge in [0.25, 0.3) is 0 Å². The van der Waals surface area contributed by atoms with Crippen molar-refractivity contribution in [1.29, 1.82) is 0 Å². The maximum Gasteiger partial charge on any atom is 0.243 e. The molecule has 7 nitrogen and oxygen atoms in total. The first kappa shape index (κ1) is 21.6. The van der Waals surface area contributed by atoms with E-state index < -0.39 is 16.1 Å². The lowest BCUT2D eigenvalue weighted by Crippen LogP contribution is -2.47. The number of aryl methyl sites for hydroxylation is 2. The van der Waals surface area contributed by atoms with Crippen LogP contribution < -0.4 is 9.62 Å². The van der Waals surface area contributed by atoms with Gasteiger partial charge in [-0.25, -0.2) is 13.4 Å². The second-order valence-electron chi connectivity index (χ2n) is 7.36. The summed E-state index contributed by atoms with van der Waals surface area (Å²) in [5.41, 5.74) is 4.38. The highest BCUT2D eigenvalue weighted by Gasteiger charge is 2.29. The topological polar surface area (TPSA) is 84.3 Å². The van der Waals surface area contributed by atoms with E-state index >= 15 is 0 Å². The van der Waals surface area contributed by atoms with Gasteiger partial charge in [-0.2, -0.15) is 0 Å². The molecule has 0 aliphatic carbocycles. The van der Waals surface area contributed by atoms with Crippen LogP contribution in [0.25, 0.3) is 5.69 Å². The molecule has 0 aliphatic heterocycles. The molecule has 0 unspecified atom stereocenters. The Labute approximate surface area is 177 Å². The molecule has 3 aromatic rings. The summed E-state index contributed by atoms with van der Waals surface area (Å²) in [5, 5.41) is 2.84. The second kappa shape index (κ2) is 8.71. The van der Waals surface area contributed by atoms with Gasteiger partial charge in [-0.1, -0.05) is 18.2 Å². The zero-order valence-corrected chi connectivity index (χ0v) is 18.3. The number of nitrogens with zero attached hydrogens (tertiary/aromatic N) is 3. The number of aromatic nitrogens is 2. The van der Waals surface area contributed by atoms with E-state index in [1.165, 1.54) is 0 Å². The molecule has 0 aliphatic rings. The third kappa shape index (κ3) is 4.88. The molecule has 0 saturated carbocycles. The average Bonchev–Trinajstić information content (AvgIpc) is 3.23. The van der Waals surface area contributed by atoms with Crippen molar-refractivity contribution in [2.45, 2.75) is 33.4 Å². The van der Waals surface area contributed by atoms with Gasteiger partial charge >= 0.3 is 0 Å². The summed E-state index contributed by atoms with van der Waals surface area (Å²) in [6.07, 6.45) is 6.38. The van der Waals surface area contributed by atoms with E-state index in [0.717, 1.165) is 32.9 Å². The molecule has 158 valence electrons. The molecule has 1 heterocycles. The molecule has 0 radical (unpaired) electrons. The summed E-state index contributed by atoms with van der Waals surface area (Å²) in [6, 6.07) is 12.2. The highest BCUT2D eigenvalue weighted by atomic mass is 32.2. The molecule has 3 rings (SSSR count). The normalized spacial score (nSPS) is 12.4. The summed E-state index contributed by atoms with van der Waals surface area (Å²) in [4.78, 5) is 16.8. The second-order valence-corrected chi connectivity index (χ2v) is 9.22. The lowest BCUT2D eigenvalue weighted by atomic mass is 10.1. The molecule has 8 heteroatoms. The van der Waals surface area contributed by atoms with Crippen LogP contribution in [-0.4, -0.2) is 36.2 Å². The van der Waals surface area contributed by atoms with Crippen molar-refractivity contribution in [2.24, 2.45) is 0 Å². The maximum absolute atomic E-state index is 12.8. The Hall–Kier alpha value is -3.13. The number of hydrogen-bond donors (Lipinski definition) is 1. The third-order valence-corrected chi connectivity index (χ3v) is 6.28. The lowest BCUT2D eigenvalue weighted by Gasteiger charge is -2.28. The van der Waals surface area contributed by atoms with Crippen molar-refractivity contribution < 1.29 is 13.2 Å². The van der Waals surface area contributed by atoms with Gasteiger partial charge in [-0.3, -0.25) is 9.10 Å². The van der Waals surface area contributed by atoms with Gasteiger partial charge in [0.1, 0.15) is 6.04 Å². The van der Waals surface area contributed by atoms with Crippen molar-refractivity contribution in [1.82, 2.24) is 14.9 Å². The molecule has 1 atom stereocenters. The van der Waals surface area contributed by atoms with Crippen molar-refractivity contribution in [3.05, 3.63) is 77.9 Å². The Morgan fingerprint density at radius 2 is 1.83 bits per heavy atom. The van der Waals surface area contributed by atoms with Crippen LogP contribution in [0.3, 0.4) is 0 Å². The van der Waals surface area contributed by atoms with E-state index in [0.29, 0.717) is 12.2 Å². The van der Waals surface area contributed by atoms with Crippen molar-refractivity contribution in [3.8, 4) is 5.69 Å². The average molecular weight is 427 g/mol. The smallest absolute Gasteiger partial charge is 0.243 e. The highest BCUT2D eigenvalue weighted by molar-refractivity contribution is 7.92. The molecule has 0 saturated heterocycles. The predicted molar refractivity (Wildman–Crippen MR) is 118 cm³/mol. The first-order valence-corrected chi connectivity index (χ1v) is 11.4. The van der Waals surface area contributed by atoms with Crippen LogP contribution in [0.15, 0.2) is 61.2 Å². The van der Waals surface area contributed by atoms with Crippen molar-refractivity contribution in [2.75, 3.05) is 10.6 Å². The van der Waals surface area contributed by atoms with Crippen LogP contribution in [-0.2, 0) is 21.4 Å². The molecule has 30 heavy (non-hydrogen) atoms. The number of carbonyl (C=O) groups is 1. The molecule has 0 fully saturated rings. The zero-order chi connectivity index (χ0) is 21.9. The van der Waals surface area contributed by atoms with E-state index in [2.05, 4.69) is 10.3 Å². The van der Waals surface area contributed by atoms with E-state index in [-0.39, 0.29) is 5.91 Å². The molecule has 2 aromatic carbocycles. The number of anilines is 1. The minimum atomic E-state index is -3.64. The fraction of sp³-hybridized carbons (Fsp3) is 0.273. The van der Waals surface area contributed by atoms with Gasteiger partial charge in [-0.05, 0) is 61.7 Å². The van der Waals surface area contributed by atoms with Crippen LogP contribution in [0.1, 0.15) is 23.6 Å². The van der Waals surface area contributed by atoms with Gasteiger partial charge in [0.2, 0.25) is 15.9 Å². The third-order valence-electron chi connectivity index (χ3n) is 5.04. The Morgan fingerprint density at radius 1 is 1.13 bits per heavy atom. The molecule has 0 bridgehead atoms.